The maximum absolute atomic E-state index is 12.7. The lowest BCUT2D eigenvalue weighted by Gasteiger charge is -2.31. The van der Waals surface area contributed by atoms with Crippen LogP contribution < -0.4 is 10.1 Å². The number of ether oxygens (including phenoxy) is 2. The van der Waals surface area contributed by atoms with Gasteiger partial charge in [-0.3, -0.25) is 0 Å². The van der Waals surface area contributed by atoms with Crippen LogP contribution in [0.25, 0.3) is 0 Å². The van der Waals surface area contributed by atoms with E-state index in [2.05, 4.69) is 5.32 Å². The Kier molecular flexibility index (Phi) is 9.01. The maximum atomic E-state index is 12.7. The summed E-state index contributed by atoms with van der Waals surface area (Å²) in [7, 11) is -1.57. The van der Waals surface area contributed by atoms with Crippen LogP contribution in [0.15, 0.2) is 29.2 Å². The molecule has 1 fully saturated rings. The van der Waals surface area contributed by atoms with Crippen molar-refractivity contribution in [2.24, 2.45) is 0 Å². The van der Waals surface area contributed by atoms with Gasteiger partial charge in [0.25, 0.3) is 0 Å². The lowest BCUT2D eigenvalue weighted by atomic mass is 10.1. The monoisotopic (exact) mass is 378 g/mol. The minimum absolute atomic E-state index is 0. The van der Waals surface area contributed by atoms with Gasteiger partial charge in [0.05, 0.1) is 11.5 Å². The lowest BCUT2D eigenvalue weighted by molar-refractivity contribution is 0.110. The minimum Gasteiger partial charge on any atom is -0.491 e. The molecule has 1 aliphatic rings. The normalized spacial score (nSPS) is 18.8. The first kappa shape index (κ1) is 21.2. The molecule has 0 amide bonds. The molecule has 0 spiro atoms. The van der Waals surface area contributed by atoms with Gasteiger partial charge in [-0.05, 0) is 51.1 Å². The van der Waals surface area contributed by atoms with Crippen molar-refractivity contribution in [3.63, 3.8) is 0 Å². The Hall–Kier alpha value is -0.860. The molecule has 1 aliphatic heterocycles. The number of piperidine rings is 1. The highest BCUT2D eigenvalue weighted by molar-refractivity contribution is 7.89. The Bertz CT molecular complexity index is 580. The minimum atomic E-state index is -3.44. The Labute approximate surface area is 151 Å². The van der Waals surface area contributed by atoms with Crippen molar-refractivity contribution in [3.05, 3.63) is 24.3 Å². The Morgan fingerprint density at radius 1 is 1.25 bits per heavy atom. The van der Waals surface area contributed by atoms with Crippen LogP contribution in [-0.4, -0.2) is 58.7 Å². The molecule has 0 saturated carbocycles. The highest BCUT2D eigenvalue weighted by Crippen LogP contribution is 2.22. The van der Waals surface area contributed by atoms with Crippen LogP contribution in [0.1, 0.15) is 19.8 Å². The van der Waals surface area contributed by atoms with Gasteiger partial charge in [-0.1, -0.05) is 0 Å². The number of rotatable bonds is 8. The first-order valence-electron chi connectivity index (χ1n) is 8.06. The molecular formula is C16H27ClN2O4S. The molecule has 1 aromatic rings. The number of sulfonamides is 1. The fourth-order valence-electron chi connectivity index (χ4n) is 2.62. The standard InChI is InChI=1S/C16H26N2O4S.ClH/c1-3-21-11-12-22-15-6-8-16(9-7-15)23(19,20)18-10-4-5-14(13-18)17-2;/h6-9,14,17H,3-5,10-13H2,1-2H3;1H. The number of halogens is 1. The van der Waals surface area contributed by atoms with Crippen LogP contribution in [0, 0.1) is 0 Å². The first-order valence-corrected chi connectivity index (χ1v) is 9.50. The van der Waals surface area contributed by atoms with Crippen molar-refractivity contribution in [1.82, 2.24) is 9.62 Å². The zero-order valence-corrected chi connectivity index (χ0v) is 15.9. The summed E-state index contributed by atoms with van der Waals surface area (Å²) in [5.74, 6) is 0.649. The molecule has 1 aromatic carbocycles. The van der Waals surface area contributed by atoms with E-state index in [-0.39, 0.29) is 18.4 Å². The smallest absolute Gasteiger partial charge is 0.243 e. The number of hydrogen-bond acceptors (Lipinski definition) is 5. The number of likely N-dealkylation sites (N-methyl/N-ethyl adjacent to an activating group) is 1. The molecular weight excluding hydrogens is 352 g/mol. The van der Waals surface area contributed by atoms with Gasteiger partial charge in [-0.2, -0.15) is 4.31 Å². The van der Waals surface area contributed by atoms with Gasteiger partial charge in [0.2, 0.25) is 10.0 Å². The molecule has 24 heavy (non-hydrogen) atoms. The molecule has 1 heterocycles. The quantitative estimate of drug-likeness (QED) is 0.700. The molecule has 138 valence electrons. The summed E-state index contributed by atoms with van der Waals surface area (Å²) in [4.78, 5) is 0.311. The van der Waals surface area contributed by atoms with Gasteiger partial charge in [-0.15, -0.1) is 12.4 Å². The van der Waals surface area contributed by atoms with E-state index in [0.717, 1.165) is 12.8 Å². The second kappa shape index (κ2) is 10.2. The van der Waals surface area contributed by atoms with Crippen molar-refractivity contribution >= 4 is 22.4 Å². The maximum Gasteiger partial charge on any atom is 0.243 e. The van der Waals surface area contributed by atoms with Crippen LogP contribution in [0.2, 0.25) is 0 Å². The first-order chi connectivity index (χ1) is 11.1. The van der Waals surface area contributed by atoms with Crippen LogP contribution in [-0.2, 0) is 14.8 Å². The third-order valence-electron chi connectivity index (χ3n) is 3.95. The Balaban J connectivity index is 0.00000288. The van der Waals surface area contributed by atoms with Gasteiger partial charge in [0.15, 0.2) is 0 Å². The van der Waals surface area contributed by atoms with Crippen molar-refractivity contribution in [3.8, 4) is 5.75 Å². The highest BCUT2D eigenvalue weighted by Gasteiger charge is 2.29. The summed E-state index contributed by atoms with van der Waals surface area (Å²) in [5.41, 5.74) is 0. The number of hydrogen-bond donors (Lipinski definition) is 1. The molecule has 1 unspecified atom stereocenters. The fraction of sp³-hybridized carbons (Fsp3) is 0.625. The molecule has 6 nitrogen and oxygen atoms in total. The van der Waals surface area contributed by atoms with Gasteiger partial charge >= 0.3 is 0 Å². The fourth-order valence-corrected chi connectivity index (χ4v) is 4.14. The average Bonchev–Trinajstić information content (AvgIpc) is 2.59. The second-order valence-electron chi connectivity index (χ2n) is 5.51. The topological polar surface area (TPSA) is 67.9 Å². The van der Waals surface area contributed by atoms with E-state index in [1.165, 1.54) is 0 Å². The van der Waals surface area contributed by atoms with E-state index in [1.54, 1.807) is 28.6 Å². The van der Waals surface area contributed by atoms with Gasteiger partial charge in [0.1, 0.15) is 12.4 Å². The van der Waals surface area contributed by atoms with E-state index in [4.69, 9.17) is 9.47 Å². The van der Waals surface area contributed by atoms with Crippen LogP contribution in [0.4, 0.5) is 0 Å². The molecule has 2 rings (SSSR count). The molecule has 0 bridgehead atoms. The molecule has 1 saturated heterocycles. The average molecular weight is 379 g/mol. The third kappa shape index (κ3) is 5.60. The third-order valence-corrected chi connectivity index (χ3v) is 5.83. The highest BCUT2D eigenvalue weighted by atomic mass is 35.5. The number of benzene rings is 1. The van der Waals surface area contributed by atoms with E-state index in [1.807, 2.05) is 14.0 Å². The van der Waals surface area contributed by atoms with Crippen molar-refractivity contribution in [1.29, 1.82) is 0 Å². The summed E-state index contributed by atoms with van der Waals surface area (Å²) in [6.45, 7) is 4.66. The number of nitrogens with one attached hydrogen (secondary N) is 1. The summed E-state index contributed by atoms with van der Waals surface area (Å²) in [5, 5.41) is 3.16. The molecule has 0 radical (unpaired) electrons. The lowest BCUT2D eigenvalue weighted by Crippen LogP contribution is -2.46. The van der Waals surface area contributed by atoms with Crippen LogP contribution in [0.3, 0.4) is 0 Å². The second-order valence-corrected chi connectivity index (χ2v) is 7.45. The molecule has 8 heteroatoms. The predicted octanol–water partition coefficient (Wildman–Crippen LogP) is 1.90. The Morgan fingerprint density at radius 3 is 2.58 bits per heavy atom. The van der Waals surface area contributed by atoms with Crippen molar-refractivity contribution in [2.75, 3.05) is 40.0 Å². The van der Waals surface area contributed by atoms with E-state index < -0.39 is 10.0 Å². The van der Waals surface area contributed by atoms with Crippen molar-refractivity contribution in [2.45, 2.75) is 30.7 Å². The predicted molar refractivity (Wildman–Crippen MR) is 96.5 cm³/mol. The van der Waals surface area contributed by atoms with E-state index >= 15 is 0 Å². The van der Waals surface area contributed by atoms with Gasteiger partial charge in [0, 0.05) is 25.7 Å². The zero-order valence-electron chi connectivity index (χ0n) is 14.2. The van der Waals surface area contributed by atoms with Crippen LogP contribution in [0.5, 0.6) is 5.75 Å². The molecule has 0 aliphatic carbocycles. The van der Waals surface area contributed by atoms with Crippen LogP contribution >= 0.6 is 12.4 Å². The molecule has 1 atom stereocenters. The summed E-state index contributed by atoms with van der Waals surface area (Å²) in [6, 6.07) is 6.82. The summed E-state index contributed by atoms with van der Waals surface area (Å²) < 4.78 is 37.7. The van der Waals surface area contributed by atoms with Gasteiger partial charge < -0.3 is 14.8 Å². The Morgan fingerprint density at radius 2 is 1.96 bits per heavy atom. The van der Waals surface area contributed by atoms with E-state index in [9.17, 15) is 8.42 Å². The molecule has 1 N–H and O–H groups in total. The van der Waals surface area contributed by atoms with Crippen molar-refractivity contribution < 1.29 is 17.9 Å². The zero-order chi connectivity index (χ0) is 16.7. The molecule has 0 aromatic heterocycles. The van der Waals surface area contributed by atoms with Gasteiger partial charge in [-0.25, -0.2) is 8.42 Å². The number of nitrogens with zero attached hydrogens (tertiary/aromatic N) is 1. The van der Waals surface area contributed by atoms with E-state index in [0.29, 0.717) is 43.6 Å². The summed E-state index contributed by atoms with van der Waals surface area (Å²) >= 11 is 0. The largest absolute Gasteiger partial charge is 0.491 e. The summed E-state index contributed by atoms with van der Waals surface area (Å²) in [6.07, 6.45) is 1.89. The SMILES string of the molecule is CCOCCOc1ccc(S(=O)(=O)N2CCCC(NC)C2)cc1.Cl.